The van der Waals surface area contributed by atoms with Crippen LogP contribution in [0.1, 0.15) is 25.3 Å². The van der Waals surface area contributed by atoms with E-state index in [1.807, 2.05) is 0 Å². The van der Waals surface area contributed by atoms with Gasteiger partial charge in [-0.2, -0.15) is 0 Å². The van der Waals surface area contributed by atoms with Gasteiger partial charge >= 0.3 is 11.9 Å². The molecule has 0 bridgehead atoms. The van der Waals surface area contributed by atoms with Gasteiger partial charge in [-0.15, -0.1) is 0 Å². The van der Waals surface area contributed by atoms with E-state index in [1.165, 1.54) is 12.1 Å². The van der Waals surface area contributed by atoms with Crippen molar-refractivity contribution >= 4 is 33.4 Å². The maximum Gasteiger partial charge on any atom is 0.325 e. The summed E-state index contributed by atoms with van der Waals surface area (Å²) < 4.78 is 37.2. The van der Waals surface area contributed by atoms with E-state index in [0.717, 1.165) is 0 Å². The predicted molar refractivity (Wildman–Crippen MR) is 107 cm³/mol. The summed E-state index contributed by atoms with van der Waals surface area (Å²) >= 11 is 5.95. The van der Waals surface area contributed by atoms with Crippen molar-refractivity contribution in [2.75, 3.05) is 13.2 Å². The molecule has 29 heavy (non-hydrogen) atoms. The number of carbonyl (C=O) groups excluding carboxylic acids is 2. The smallest absolute Gasteiger partial charge is 0.325 e. The Morgan fingerprint density at radius 2 is 1.45 bits per heavy atom. The van der Waals surface area contributed by atoms with Crippen LogP contribution in [0.25, 0.3) is 0 Å². The van der Waals surface area contributed by atoms with Crippen molar-refractivity contribution in [1.82, 2.24) is 0 Å². The molecular weight excluding hydrogens is 416 g/mol. The number of sulfone groups is 1. The lowest BCUT2D eigenvalue weighted by Gasteiger charge is -2.15. The molecule has 0 unspecified atom stereocenters. The molecule has 0 aliphatic heterocycles. The van der Waals surface area contributed by atoms with Gasteiger partial charge in [-0.1, -0.05) is 41.9 Å². The summed E-state index contributed by atoms with van der Waals surface area (Å²) in [5.74, 6) is -2.74. The predicted octanol–water partition coefficient (Wildman–Crippen LogP) is 3.39. The average molecular weight is 437 g/mol. The van der Waals surface area contributed by atoms with E-state index < -0.39 is 38.4 Å². The monoisotopic (exact) mass is 436 g/mol. The molecular formula is C21H21ClO6S. The summed E-state index contributed by atoms with van der Waals surface area (Å²) in [5.41, 5.74) is -1.46. The van der Waals surface area contributed by atoms with Crippen molar-refractivity contribution in [3.05, 3.63) is 65.2 Å². The van der Waals surface area contributed by atoms with Gasteiger partial charge < -0.3 is 9.47 Å². The van der Waals surface area contributed by atoms with E-state index in [9.17, 15) is 18.0 Å². The van der Waals surface area contributed by atoms with Crippen molar-refractivity contribution in [3.8, 4) is 0 Å². The highest BCUT2D eigenvalue weighted by atomic mass is 35.5. The molecule has 8 heteroatoms. The summed E-state index contributed by atoms with van der Waals surface area (Å²) in [6.45, 7) is 3.20. The van der Waals surface area contributed by atoms with Gasteiger partial charge in [-0.25, -0.2) is 8.42 Å². The van der Waals surface area contributed by atoms with Crippen LogP contribution in [-0.2, 0) is 28.9 Å². The largest absolute Gasteiger partial charge is 0.465 e. The molecule has 6 nitrogen and oxygen atoms in total. The minimum Gasteiger partial charge on any atom is -0.465 e. The van der Waals surface area contributed by atoms with Gasteiger partial charge in [0, 0.05) is 10.9 Å². The third-order valence-corrected chi connectivity index (χ3v) is 7.49. The third kappa shape index (κ3) is 3.53. The molecule has 154 valence electrons. The summed E-state index contributed by atoms with van der Waals surface area (Å²) in [6.07, 6.45) is 0. The van der Waals surface area contributed by atoms with Crippen LogP contribution in [0.4, 0.5) is 0 Å². The van der Waals surface area contributed by atoms with Crippen LogP contribution >= 0.6 is 11.6 Å². The zero-order valence-corrected chi connectivity index (χ0v) is 17.6. The first-order valence-electron chi connectivity index (χ1n) is 9.20. The first-order valence-corrected chi connectivity index (χ1v) is 11.1. The number of carbonyl (C=O) groups is 2. The Hall–Kier alpha value is -2.38. The highest BCUT2D eigenvalue weighted by Crippen LogP contribution is 2.65. The van der Waals surface area contributed by atoms with Crippen LogP contribution in [-0.4, -0.2) is 38.8 Å². The minimum absolute atomic E-state index is 0.00539. The summed E-state index contributed by atoms with van der Waals surface area (Å²) in [6, 6.07) is 14.1. The molecule has 0 amide bonds. The van der Waals surface area contributed by atoms with Gasteiger partial charge in [0.05, 0.1) is 18.1 Å². The van der Waals surface area contributed by atoms with Crippen molar-refractivity contribution in [3.63, 3.8) is 0 Å². The van der Waals surface area contributed by atoms with E-state index >= 15 is 0 Å². The fourth-order valence-corrected chi connectivity index (χ4v) is 6.15. The third-order valence-electron chi connectivity index (χ3n) is 4.99. The Morgan fingerprint density at radius 1 is 0.931 bits per heavy atom. The number of halogens is 1. The maximum absolute atomic E-state index is 13.4. The molecule has 0 radical (unpaired) electrons. The highest BCUT2D eigenvalue weighted by Gasteiger charge is 2.81. The fraction of sp³-hybridized carbons (Fsp3) is 0.333. The van der Waals surface area contributed by atoms with E-state index in [2.05, 4.69) is 0 Å². The minimum atomic E-state index is -4.04. The lowest BCUT2D eigenvalue weighted by atomic mass is 9.99. The van der Waals surface area contributed by atoms with E-state index in [1.54, 1.807) is 56.3 Å². The Kier molecular flexibility index (Phi) is 6.00. The molecule has 0 spiro atoms. The summed E-state index contributed by atoms with van der Waals surface area (Å²) in [5, 5.41) is -0.883. The number of ether oxygens (including phenoxy) is 2. The number of hydrogen-bond acceptors (Lipinski definition) is 6. The molecule has 2 aromatic carbocycles. The molecule has 1 saturated carbocycles. The normalized spacial score (nSPS) is 20.0. The van der Waals surface area contributed by atoms with Crippen LogP contribution in [0.3, 0.4) is 0 Å². The van der Waals surface area contributed by atoms with Crippen LogP contribution in [0, 0.1) is 5.41 Å². The molecule has 1 aliphatic carbocycles. The standard InChI is InChI=1S/C21H21ClO6S/c1-3-27-19(23)21(20(24)28-4-2)17(14-10-12-15(22)13-11-14)18(21)29(25,26)16-8-6-5-7-9-16/h5-13,17-18H,3-4H2,1-2H3/t17-,18+/m0/s1. The molecule has 3 rings (SSSR count). The van der Waals surface area contributed by atoms with Crippen LogP contribution in [0.5, 0.6) is 0 Å². The van der Waals surface area contributed by atoms with E-state index in [4.69, 9.17) is 21.1 Å². The molecule has 0 saturated heterocycles. The van der Waals surface area contributed by atoms with Crippen molar-refractivity contribution in [2.24, 2.45) is 5.41 Å². The Morgan fingerprint density at radius 3 is 1.93 bits per heavy atom. The zero-order valence-electron chi connectivity index (χ0n) is 16.0. The summed E-state index contributed by atoms with van der Waals surface area (Å²) in [7, 11) is -4.04. The maximum atomic E-state index is 13.4. The first kappa shape index (κ1) is 21.3. The molecule has 2 atom stereocenters. The van der Waals surface area contributed by atoms with E-state index in [0.29, 0.717) is 10.6 Å². The number of benzene rings is 2. The lowest BCUT2D eigenvalue weighted by molar-refractivity contribution is -0.164. The molecule has 0 N–H and O–H groups in total. The Labute approximate surface area is 174 Å². The van der Waals surface area contributed by atoms with Crippen LogP contribution < -0.4 is 0 Å². The van der Waals surface area contributed by atoms with Crippen LogP contribution in [0.15, 0.2) is 59.5 Å². The number of esters is 2. The Balaban J connectivity index is 2.19. The Bertz CT molecular complexity index is 983. The average Bonchev–Trinajstić information content (AvgIpc) is 3.42. The second kappa shape index (κ2) is 8.16. The molecule has 2 aromatic rings. The number of hydrogen-bond donors (Lipinski definition) is 0. The van der Waals surface area contributed by atoms with Gasteiger partial charge in [-0.05, 0) is 43.7 Å². The fourth-order valence-electron chi connectivity index (χ4n) is 3.72. The topological polar surface area (TPSA) is 86.7 Å². The van der Waals surface area contributed by atoms with Crippen molar-refractivity contribution in [1.29, 1.82) is 0 Å². The molecule has 1 fully saturated rings. The van der Waals surface area contributed by atoms with Crippen LogP contribution in [0.2, 0.25) is 5.02 Å². The SMILES string of the molecule is CCOC(=O)C1(C(=O)OCC)[C@H](S(=O)(=O)c2ccccc2)[C@@H]1c1ccc(Cl)cc1. The van der Waals surface area contributed by atoms with Gasteiger partial charge in [0.1, 0.15) is 5.25 Å². The quantitative estimate of drug-likeness (QED) is 0.488. The highest BCUT2D eigenvalue weighted by molar-refractivity contribution is 7.92. The summed E-state index contributed by atoms with van der Waals surface area (Å²) in [4.78, 5) is 26.0. The second-order valence-corrected chi connectivity index (χ2v) is 9.12. The second-order valence-electron chi connectivity index (χ2n) is 6.62. The molecule has 0 aromatic heterocycles. The van der Waals surface area contributed by atoms with E-state index in [-0.39, 0.29) is 18.1 Å². The molecule has 1 aliphatic rings. The van der Waals surface area contributed by atoms with Gasteiger partial charge in [0.2, 0.25) is 0 Å². The number of rotatable bonds is 7. The van der Waals surface area contributed by atoms with Crippen molar-refractivity contribution in [2.45, 2.75) is 29.9 Å². The van der Waals surface area contributed by atoms with Gasteiger partial charge in [0.15, 0.2) is 15.3 Å². The first-order chi connectivity index (χ1) is 13.8. The van der Waals surface area contributed by atoms with Gasteiger partial charge in [-0.3, -0.25) is 9.59 Å². The zero-order chi connectivity index (χ0) is 21.2. The lowest BCUT2D eigenvalue weighted by Crippen LogP contribution is -2.35. The van der Waals surface area contributed by atoms with Gasteiger partial charge in [0.25, 0.3) is 0 Å². The van der Waals surface area contributed by atoms with Crippen molar-refractivity contribution < 1.29 is 27.5 Å². The molecule has 0 heterocycles.